The van der Waals surface area contributed by atoms with Gasteiger partial charge in [0, 0.05) is 41.8 Å². The van der Waals surface area contributed by atoms with Crippen LogP contribution >= 0.6 is 0 Å². The average Bonchev–Trinajstić information content (AvgIpc) is 3.23. The second-order valence-corrected chi connectivity index (χ2v) is 12.6. The number of ether oxygens (including phenoxy) is 2. The molecule has 0 radical (unpaired) electrons. The third-order valence-corrected chi connectivity index (χ3v) is 7.46. The monoisotopic (exact) mass is 588 g/mol. The van der Waals surface area contributed by atoms with Crippen LogP contribution in [0.2, 0.25) is 0 Å². The Balaban J connectivity index is 1.67. The summed E-state index contributed by atoms with van der Waals surface area (Å²) in [5.41, 5.74) is 0.815. The van der Waals surface area contributed by atoms with Gasteiger partial charge in [0.05, 0.1) is 23.6 Å². The Kier molecular flexibility index (Phi) is 7.18. The largest absolute Gasteiger partial charge is 0.444 e. The normalized spacial score (nSPS) is 15.7. The van der Waals surface area contributed by atoms with Crippen molar-refractivity contribution in [2.24, 2.45) is 0 Å². The van der Waals surface area contributed by atoms with E-state index in [9.17, 15) is 22.0 Å². The summed E-state index contributed by atoms with van der Waals surface area (Å²) >= 11 is 0. The summed E-state index contributed by atoms with van der Waals surface area (Å²) < 4.78 is 77.8. The maximum absolute atomic E-state index is 15.3. The van der Waals surface area contributed by atoms with Crippen molar-refractivity contribution in [3.63, 3.8) is 0 Å². The summed E-state index contributed by atoms with van der Waals surface area (Å²) in [5, 5.41) is -0.151. The van der Waals surface area contributed by atoms with E-state index in [2.05, 4.69) is 9.97 Å². The molecule has 9 nitrogen and oxygen atoms in total. The SMILES string of the molecule is CC(C)(C)OC(=O)N1Cc2nc3cc(F)c(-c4ccc(S(C)(=O)=O)nc4)cc3n2C(c2ccccc2OC(F)F)C1. The standard InChI is InChI=1S/C28H27F3N4O5S/c1-28(2,3)40-27(36)34-14-22(17-7-5-6-8-23(17)39-26(30)31)35-21-11-18(19(29)12-20(21)33-24(35)15-34)16-9-10-25(32-13-16)41(4,37)38/h5-13,22,26H,14-15H2,1-4H3. The number of benzene rings is 2. The lowest BCUT2D eigenvalue weighted by Gasteiger charge is -2.36. The van der Waals surface area contributed by atoms with Crippen LogP contribution in [0.5, 0.6) is 5.75 Å². The van der Waals surface area contributed by atoms with Crippen LogP contribution in [-0.4, -0.2) is 59.0 Å². The molecule has 1 amide bonds. The maximum Gasteiger partial charge on any atom is 0.410 e. The quantitative estimate of drug-likeness (QED) is 0.300. The number of pyridine rings is 1. The number of halogens is 3. The van der Waals surface area contributed by atoms with E-state index in [1.165, 1.54) is 35.4 Å². The van der Waals surface area contributed by atoms with Gasteiger partial charge in [0.15, 0.2) is 14.9 Å². The number of hydrogen-bond acceptors (Lipinski definition) is 7. The second-order valence-electron chi connectivity index (χ2n) is 10.7. The van der Waals surface area contributed by atoms with E-state index < -0.39 is 40.0 Å². The Morgan fingerprint density at radius 3 is 2.49 bits per heavy atom. The minimum atomic E-state index is -3.55. The maximum atomic E-state index is 15.3. The number of amides is 1. The Hall–Kier alpha value is -4.13. The number of carbonyl (C=O) groups is 1. The summed E-state index contributed by atoms with van der Waals surface area (Å²) in [4.78, 5) is 23.0. The van der Waals surface area contributed by atoms with Crippen molar-refractivity contribution < 1.29 is 35.9 Å². The Morgan fingerprint density at radius 1 is 1.12 bits per heavy atom. The highest BCUT2D eigenvalue weighted by atomic mass is 32.2. The van der Waals surface area contributed by atoms with Gasteiger partial charge < -0.3 is 14.0 Å². The number of fused-ring (bicyclic) bond motifs is 3. The molecule has 0 N–H and O–H groups in total. The Morgan fingerprint density at radius 2 is 1.85 bits per heavy atom. The van der Waals surface area contributed by atoms with Crippen molar-refractivity contribution in [3.8, 4) is 16.9 Å². The summed E-state index contributed by atoms with van der Waals surface area (Å²) in [6.45, 7) is 2.18. The molecule has 0 aliphatic carbocycles. The molecular formula is C28H27F3N4O5S. The van der Waals surface area contributed by atoms with Gasteiger partial charge in [-0.3, -0.25) is 4.90 Å². The van der Waals surface area contributed by atoms with Gasteiger partial charge in [-0.15, -0.1) is 0 Å². The van der Waals surface area contributed by atoms with Crippen LogP contribution in [0.1, 0.15) is 38.2 Å². The van der Waals surface area contributed by atoms with Crippen molar-refractivity contribution in [1.29, 1.82) is 0 Å². The highest BCUT2D eigenvalue weighted by Crippen LogP contribution is 2.38. The Labute approximate surface area is 234 Å². The van der Waals surface area contributed by atoms with Crippen molar-refractivity contribution in [1.82, 2.24) is 19.4 Å². The number of rotatable bonds is 5. The first-order chi connectivity index (χ1) is 19.2. The fraction of sp³-hybridized carbons (Fsp3) is 0.321. The van der Waals surface area contributed by atoms with Crippen LogP contribution in [0.15, 0.2) is 59.8 Å². The number of alkyl halides is 2. The van der Waals surface area contributed by atoms with Gasteiger partial charge in [-0.2, -0.15) is 8.78 Å². The van der Waals surface area contributed by atoms with Crippen LogP contribution in [0, 0.1) is 5.82 Å². The zero-order chi connectivity index (χ0) is 29.7. The van der Waals surface area contributed by atoms with Crippen molar-refractivity contribution in [2.75, 3.05) is 12.8 Å². The molecule has 0 fully saturated rings. The number of aromatic nitrogens is 3. The predicted octanol–water partition coefficient (Wildman–Crippen LogP) is 5.58. The van der Waals surface area contributed by atoms with Crippen LogP contribution < -0.4 is 4.74 Å². The highest BCUT2D eigenvalue weighted by Gasteiger charge is 2.35. The van der Waals surface area contributed by atoms with Gasteiger partial charge in [-0.25, -0.2) is 27.6 Å². The fourth-order valence-corrected chi connectivity index (χ4v) is 5.35. The van der Waals surface area contributed by atoms with Crippen molar-refractivity contribution in [3.05, 3.63) is 71.9 Å². The van der Waals surface area contributed by atoms with Gasteiger partial charge in [0.1, 0.15) is 23.0 Å². The summed E-state index contributed by atoms with van der Waals surface area (Å²) in [6, 6.07) is 11.0. The summed E-state index contributed by atoms with van der Waals surface area (Å²) in [6.07, 6.45) is 1.68. The van der Waals surface area contributed by atoms with Crippen LogP contribution in [0.4, 0.5) is 18.0 Å². The molecule has 1 aliphatic heterocycles. The first-order valence-electron chi connectivity index (χ1n) is 12.6. The van der Waals surface area contributed by atoms with E-state index in [-0.39, 0.29) is 34.9 Å². The second kappa shape index (κ2) is 10.4. The van der Waals surface area contributed by atoms with Crippen molar-refractivity contribution in [2.45, 2.75) is 50.6 Å². The number of imidazole rings is 1. The molecule has 0 saturated heterocycles. The Bertz CT molecular complexity index is 1730. The molecule has 3 heterocycles. The van der Waals surface area contributed by atoms with Crippen LogP contribution in [-0.2, 0) is 21.1 Å². The molecule has 0 bridgehead atoms. The number of carbonyl (C=O) groups excluding carboxylic acids is 1. The van der Waals surface area contributed by atoms with E-state index in [1.54, 1.807) is 49.6 Å². The zero-order valence-electron chi connectivity index (χ0n) is 22.6. The van der Waals surface area contributed by atoms with Gasteiger partial charge in [-0.1, -0.05) is 18.2 Å². The van der Waals surface area contributed by atoms with Gasteiger partial charge in [0.25, 0.3) is 0 Å². The molecule has 0 saturated carbocycles. The van der Waals surface area contributed by atoms with Crippen LogP contribution in [0.3, 0.4) is 0 Å². The molecule has 41 heavy (non-hydrogen) atoms. The van der Waals surface area contributed by atoms with Gasteiger partial charge in [-0.05, 0) is 45.0 Å². The molecule has 1 atom stereocenters. The molecule has 1 aliphatic rings. The minimum absolute atomic E-state index is 0.0273. The first kappa shape index (κ1) is 28.4. The molecule has 4 aromatic rings. The van der Waals surface area contributed by atoms with Crippen molar-refractivity contribution >= 4 is 27.0 Å². The highest BCUT2D eigenvalue weighted by molar-refractivity contribution is 7.90. The molecular weight excluding hydrogens is 561 g/mol. The minimum Gasteiger partial charge on any atom is -0.444 e. The first-order valence-corrected chi connectivity index (χ1v) is 14.5. The third-order valence-electron chi connectivity index (χ3n) is 6.46. The predicted molar refractivity (Wildman–Crippen MR) is 144 cm³/mol. The molecule has 216 valence electrons. The lowest BCUT2D eigenvalue weighted by atomic mass is 10.0. The van der Waals surface area contributed by atoms with Gasteiger partial charge in [0.2, 0.25) is 0 Å². The van der Waals surface area contributed by atoms with E-state index in [4.69, 9.17) is 9.47 Å². The topological polar surface area (TPSA) is 104 Å². The van der Waals surface area contributed by atoms with Crippen LogP contribution in [0.25, 0.3) is 22.2 Å². The number of nitrogens with zero attached hydrogens (tertiary/aromatic N) is 4. The number of sulfone groups is 1. The smallest absolute Gasteiger partial charge is 0.410 e. The lowest BCUT2D eigenvalue weighted by molar-refractivity contribution is -0.0509. The van der Waals surface area contributed by atoms with Gasteiger partial charge >= 0.3 is 12.7 Å². The third kappa shape index (κ3) is 5.85. The van der Waals surface area contributed by atoms with E-state index in [0.717, 1.165) is 6.26 Å². The fourth-order valence-electron chi connectivity index (χ4n) is 4.79. The lowest BCUT2D eigenvalue weighted by Crippen LogP contribution is -2.44. The molecule has 13 heteroatoms. The number of hydrogen-bond donors (Lipinski definition) is 0. The molecule has 0 spiro atoms. The van der Waals surface area contributed by atoms with E-state index >= 15 is 4.39 Å². The molecule has 5 rings (SSSR count). The molecule has 2 aromatic carbocycles. The van der Waals surface area contributed by atoms with E-state index in [1.807, 2.05) is 0 Å². The zero-order valence-corrected chi connectivity index (χ0v) is 23.5. The molecule has 1 unspecified atom stereocenters. The van der Waals surface area contributed by atoms with E-state index in [0.29, 0.717) is 22.5 Å². The average molecular weight is 589 g/mol. The molecule has 2 aromatic heterocycles. The number of para-hydroxylation sites is 1. The summed E-state index contributed by atoms with van der Waals surface area (Å²) in [5.74, 6) is -0.311. The summed E-state index contributed by atoms with van der Waals surface area (Å²) in [7, 11) is -3.55.